The van der Waals surface area contributed by atoms with E-state index in [2.05, 4.69) is 36.1 Å². The fourth-order valence-electron chi connectivity index (χ4n) is 3.70. The van der Waals surface area contributed by atoms with E-state index in [1.165, 1.54) is 0 Å². The SMILES string of the molecule is COc1ccc(NC(=O)C2CCN(Cc3csc(C)n3)CC2)cc1-n1nnnc1C. The summed E-state index contributed by atoms with van der Waals surface area (Å²) in [6, 6.07) is 5.48. The average Bonchev–Trinajstić information content (AvgIpc) is 3.36. The van der Waals surface area contributed by atoms with Crippen molar-refractivity contribution in [3.05, 3.63) is 40.1 Å². The molecule has 0 spiro atoms. The maximum atomic E-state index is 12.8. The number of amides is 1. The lowest BCUT2D eigenvalue weighted by atomic mass is 9.95. The van der Waals surface area contributed by atoms with Gasteiger partial charge in [-0.15, -0.1) is 16.4 Å². The number of carbonyl (C=O) groups excluding carboxylic acids is 1. The van der Waals surface area contributed by atoms with Gasteiger partial charge in [0.2, 0.25) is 5.91 Å². The third-order valence-corrected chi connectivity index (χ3v) is 6.13. The molecule has 3 aromatic rings. The number of likely N-dealkylation sites (tertiary alicyclic amines) is 1. The maximum absolute atomic E-state index is 12.8. The smallest absolute Gasteiger partial charge is 0.227 e. The molecule has 0 aliphatic carbocycles. The van der Waals surface area contributed by atoms with Gasteiger partial charge >= 0.3 is 0 Å². The lowest BCUT2D eigenvalue weighted by molar-refractivity contribution is -0.121. The van der Waals surface area contributed by atoms with Crippen molar-refractivity contribution in [2.24, 2.45) is 5.92 Å². The molecule has 3 heterocycles. The number of thiazole rings is 1. The van der Waals surface area contributed by atoms with E-state index in [0.717, 1.165) is 43.2 Å². The molecular weight excluding hydrogens is 402 g/mol. The van der Waals surface area contributed by atoms with Crippen LogP contribution in [0, 0.1) is 19.8 Å². The van der Waals surface area contributed by atoms with Gasteiger partial charge in [-0.25, -0.2) is 4.98 Å². The van der Waals surface area contributed by atoms with Crippen molar-refractivity contribution in [2.45, 2.75) is 33.2 Å². The normalized spacial score (nSPS) is 15.3. The first kappa shape index (κ1) is 20.4. The number of nitrogens with zero attached hydrogens (tertiary/aromatic N) is 6. The van der Waals surface area contributed by atoms with Crippen LogP contribution in [-0.4, -0.2) is 56.2 Å². The Labute approximate surface area is 179 Å². The molecule has 0 saturated carbocycles. The molecule has 0 unspecified atom stereocenters. The number of anilines is 1. The second-order valence-corrected chi connectivity index (χ2v) is 8.48. The number of piperidine rings is 1. The van der Waals surface area contributed by atoms with Gasteiger partial charge in [0.05, 0.1) is 17.8 Å². The minimum atomic E-state index is -0.00116. The van der Waals surface area contributed by atoms with Crippen LogP contribution in [0.25, 0.3) is 5.69 Å². The Hall–Kier alpha value is -2.85. The van der Waals surface area contributed by atoms with Crippen LogP contribution in [0.2, 0.25) is 0 Å². The van der Waals surface area contributed by atoms with Gasteiger partial charge in [-0.05, 0) is 68.4 Å². The summed E-state index contributed by atoms with van der Waals surface area (Å²) in [5.41, 5.74) is 2.50. The number of tetrazole rings is 1. The highest BCUT2D eigenvalue weighted by atomic mass is 32.1. The van der Waals surface area contributed by atoms with Crippen molar-refractivity contribution >= 4 is 22.9 Å². The van der Waals surface area contributed by atoms with Crippen LogP contribution in [0.4, 0.5) is 5.69 Å². The highest BCUT2D eigenvalue weighted by Crippen LogP contribution is 2.27. The van der Waals surface area contributed by atoms with Gasteiger partial charge < -0.3 is 10.1 Å². The molecule has 1 aromatic carbocycles. The second kappa shape index (κ2) is 8.88. The lowest BCUT2D eigenvalue weighted by Crippen LogP contribution is -2.37. The lowest BCUT2D eigenvalue weighted by Gasteiger charge is -2.30. The second-order valence-electron chi connectivity index (χ2n) is 7.42. The Morgan fingerprint density at radius 2 is 2.10 bits per heavy atom. The van der Waals surface area contributed by atoms with E-state index in [1.54, 1.807) is 23.1 Å². The first-order chi connectivity index (χ1) is 14.5. The van der Waals surface area contributed by atoms with Crippen molar-refractivity contribution < 1.29 is 9.53 Å². The van der Waals surface area contributed by atoms with E-state index in [9.17, 15) is 4.79 Å². The molecule has 1 N–H and O–H groups in total. The molecule has 1 aliphatic rings. The summed E-state index contributed by atoms with van der Waals surface area (Å²) in [4.78, 5) is 19.7. The predicted octanol–water partition coefficient (Wildman–Crippen LogP) is 2.59. The van der Waals surface area contributed by atoms with Gasteiger partial charge in [-0.1, -0.05) is 0 Å². The molecule has 0 atom stereocenters. The Morgan fingerprint density at radius 3 is 2.73 bits per heavy atom. The zero-order valence-corrected chi connectivity index (χ0v) is 18.1. The zero-order valence-electron chi connectivity index (χ0n) is 17.3. The fourth-order valence-corrected chi connectivity index (χ4v) is 4.30. The predicted molar refractivity (Wildman–Crippen MR) is 114 cm³/mol. The van der Waals surface area contributed by atoms with Gasteiger partial charge in [0, 0.05) is 23.5 Å². The minimum absolute atomic E-state index is 0.00116. The largest absolute Gasteiger partial charge is 0.494 e. The van der Waals surface area contributed by atoms with E-state index >= 15 is 0 Å². The Kier molecular flexibility index (Phi) is 6.05. The number of rotatable bonds is 6. The first-order valence-corrected chi connectivity index (χ1v) is 10.8. The third-order valence-electron chi connectivity index (χ3n) is 5.31. The third kappa shape index (κ3) is 4.49. The summed E-state index contributed by atoms with van der Waals surface area (Å²) in [7, 11) is 1.59. The molecule has 0 bridgehead atoms. The standard InChI is InChI=1S/C20H25N7O2S/c1-13-23-24-25-27(13)18-10-16(4-5-19(18)29-3)22-20(28)15-6-8-26(9-7-15)11-17-12-30-14(2)21-17/h4-5,10,12,15H,6-9,11H2,1-3H3,(H,22,28). The molecule has 1 fully saturated rings. The fraction of sp³-hybridized carbons (Fsp3) is 0.450. The molecule has 2 aromatic heterocycles. The Balaban J connectivity index is 1.38. The number of aromatic nitrogens is 5. The van der Waals surface area contributed by atoms with Crippen LogP contribution in [-0.2, 0) is 11.3 Å². The van der Waals surface area contributed by atoms with Gasteiger partial charge in [0.25, 0.3) is 0 Å². The van der Waals surface area contributed by atoms with Crippen molar-refractivity contribution in [3.8, 4) is 11.4 Å². The van der Waals surface area contributed by atoms with Crippen LogP contribution in [0.5, 0.6) is 5.75 Å². The molecular formula is C20H25N7O2S. The molecule has 158 valence electrons. The van der Waals surface area contributed by atoms with E-state index in [-0.39, 0.29) is 11.8 Å². The van der Waals surface area contributed by atoms with E-state index < -0.39 is 0 Å². The van der Waals surface area contributed by atoms with Gasteiger partial charge in [0.15, 0.2) is 5.82 Å². The number of hydrogen-bond donors (Lipinski definition) is 1. The molecule has 9 nitrogen and oxygen atoms in total. The van der Waals surface area contributed by atoms with Crippen LogP contribution in [0.1, 0.15) is 29.4 Å². The van der Waals surface area contributed by atoms with Gasteiger partial charge in [0.1, 0.15) is 11.4 Å². The number of ether oxygens (including phenoxy) is 1. The van der Waals surface area contributed by atoms with Crippen molar-refractivity contribution in [2.75, 3.05) is 25.5 Å². The quantitative estimate of drug-likeness (QED) is 0.646. The summed E-state index contributed by atoms with van der Waals surface area (Å²) in [5, 5.41) is 17.9. The summed E-state index contributed by atoms with van der Waals surface area (Å²) in [5.74, 6) is 1.32. The van der Waals surface area contributed by atoms with E-state index in [0.29, 0.717) is 22.9 Å². The molecule has 0 radical (unpaired) electrons. The molecule has 1 amide bonds. The van der Waals surface area contributed by atoms with Gasteiger partial charge in [-0.3, -0.25) is 9.69 Å². The van der Waals surface area contributed by atoms with E-state index in [4.69, 9.17) is 4.74 Å². The van der Waals surface area contributed by atoms with Crippen molar-refractivity contribution in [1.29, 1.82) is 0 Å². The van der Waals surface area contributed by atoms with Crippen molar-refractivity contribution in [1.82, 2.24) is 30.1 Å². The number of methoxy groups -OCH3 is 1. The molecule has 10 heteroatoms. The molecule has 1 aliphatic heterocycles. The minimum Gasteiger partial charge on any atom is -0.494 e. The number of hydrogen-bond acceptors (Lipinski definition) is 8. The summed E-state index contributed by atoms with van der Waals surface area (Å²) in [6.07, 6.45) is 1.67. The monoisotopic (exact) mass is 427 g/mol. The Bertz CT molecular complexity index is 1020. The van der Waals surface area contributed by atoms with Crippen LogP contribution >= 0.6 is 11.3 Å². The molecule has 4 rings (SSSR count). The Morgan fingerprint density at radius 1 is 1.30 bits per heavy atom. The highest BCUT2D eigenvalue weighted by Gasteiger charge is 2.25. The van der Waals surface area contributed by atoms with Crippen LogP contribution < -0.4 is 10.1 Å². The summed E-state index contributed by atoms with van der Waals surface area (Å²) in [6.45, 7) is 6.48. The van der Waals surface area contributed by atoms with Crippen LogP contribution in [0.15, 0.2) is 23.6 Å². The number of carbonyl (C=O) groups is 1. The molecule has 1 saturated heterocycles. The van der Waals surface area contributed by atoms with Gasteiger partial charge in [-0.2, -0.15) is 4.68 Å². The van der Waals surface area contributed by atoms with E-state index in [1.807, 2.05) is 32.0 Å². The van der Waals surface area contributed by atoms with Crippen molar-refractivity contribution in [3.63, 3.8) is 0 Å². The zero-order chi connectivity index (χ0) is 21.1. The average molecular weight is 428 g/mol. The number of aryl methyl sites for hydroxylation is 2. The highest BCUT2D eigenvalue weighted by molar-refractivity contribution is 7.09. The van der Waals surface area contributed by atoms with Crippen LogP contribution in [0.3, 0.4) is 0 Å². The number of nitrogens with one attached hydrogen (secondary N) is 1. The maximum Gasteiger partial charge on any atom is 0.227 e. The summed E-state index contributed by atoms with van der Waals surface area (Å²) >= 11 is 1.68. The summed E-state index contributed by atoms with van der Waals surface area (Å²) < 4.78 is 7.01. The first-order valence-electron chi connectivity index (χ1n) is 9.91. The number of benzene rings is 1. The molecule has 30 heavy (non-hydrogen) atoms. The topological polar surface area (TPSA) is 98.1 Å².